The molecule has 2 aromatic carbocycles. The van der Waals surface area contributed by atoms with Gasteiger partial charge in [-0.1, -0.05) is 88.9 Å². The Bertz CT molecular complexity index is 949. The summed E-state index contributed by atoms with van der Waals surface area (Å²) in [5.74, 6) is 2.02. The van der Waals surface area contributed by atoms with E-state index in [-0.39, 0.29) is 0 Å². The quantitative estimate of drug-likeness (QED) is 0.230. The van der Waals surface area contributed by atoms with E-state index >= 15 is 0 Å². The van der Waals surface area contributed by atoms with Gasteiger partial charge in [-0.25, -0.2) is 4.98 Å². The number of benzene rings is 2. The molecule has 0 radical (unpaired) electrons. The number of aromatic nitrogens is 2. The van der Waals surface area contributed by atoms with Gasteiger partial charge in [-0.2, -0.15) is 0 Å². The molecule has 0 aliphatic rings. The number of rotatable bonds is 15. The van der Waals surface area contributed by atoms with Gasteiger partial charge in [0.25, 0.3) is 0 Å². The maximum Gasteiger partial charge on any atom is 0.140 e. The van der Waals surface area contributed by atoms with Crippen LogP contribution in [0.3, 0.4) is 0 Å². The van der Waals surface area contributed by atoms with Gasteiger partial charge in [0.1, 0.15) is 11.6 Å². The van der Waals surface area contributed by atoms with Crippen molar-refractivity contribution >= 4 is 0 Å². The van der Waals surface area contributed by atoms with Crippen molar-refractivity contribution in [3.63, 3.8) is 0 Å². The van der Waals surface area contributed by atoms with Crippen LogP contribution in [0.25, 0.3) is 11.4 Å². The average molecular weight is 462 g/mol. The number of methoxy groups -OCH3 is 1. The molecule has 1 atom stereocenters. The van der Waals surface area contributed by atoms with Gasteiger partial charge in [0, 0.05) is 18.7 Å². The Morgan fingerprint density at radius 1 is 0.882 bits per heavy atom. The Labute approximate surface area is 207 Å². The van der Waals surface area contributed by atoms with Crippen molar-refractivity contribution in [2.24, 2.45) is 0 Å². The second-order valence-corrected chi connectivity index (χ2v) is 9.21. The number of imidazole rings is 1. The molecule has 1 aromatic heterocycles. The summed E-state index contributed by atoms with van der Waals surface area (Å²) in [7, 11) is 1.73. The lowest BCUT2D eigenvalue weighted by atomic mass is 10.0. The fraction of sp³-hybridized carbons (Fsp3) is 0.500. The number of hydrogen-bond donors (Lipinski definition) is 0. The maximum atomic E-state index is 5.38. The van der Waals surface area contributed by atoms with E-state index in [0.717, 1.165) is 44.0 Å². The topological polar surface area (TPSA) is 30.3 Å². The highest BCUT2D eigenvalue weighted by Gasteiger charge is 2.25. The van der Waals surface area contributed by atoms with Crippen molar-refractivity contribution in [1.82, 2.24) is 14.5 Å². The smallest absolute Gasteiger partial charge is 0.140 e. The van der Waals surface area contributed by atoms with Crippen molar-refractivity contribution in [3.8, 4) is 17.1 Å². The van der Waals surface area contributed by atoms with E-state index in [4.69, 9.17) is 9.72 Å². The van der Waals surface area contributed by atoms with Crippen LogP contribution in [0.1, 0.15) is 83.0 Å². The second-order valence-electron chi connectivity index (χ2n) is 9.21. The van der Waals surface area contributed by atoms with Crippen LogP contribution >= 0.6 is 0 Å². The lowest BCUT2D eigenvalue weighted by molar-refractivity contribution is 0.166. The highest BCUT2D eigenvalue weighted by atomic mass is 16.5. The number of nitrogens with zero attached hydrogens (tertiary/aromatic N) is 3. The third-order valence-electron chi connectivity index (χ3n) is 6.61. The first kappa shape index (κ1) is 26.0. The first-order valence-electron chi connectivity index (χ1n) is 13.2. The number of hydrogen-bond acceptors (Lipinski definition) is 3. The highest BCUT2D eigenvalue weighted by Crippen LogP contribution is 2.32. The molecule has 1 unspecified atom stereocenters. The fourth-order valence-corrected chi connectivity index (χ4v) is 4.61. The minimum absolute atomic E-state index is 0.357. The van der Waals surface area contributed by atoms with Crippen LogP contribution in [-0.2, 0) is 13.1 Å². The van der Waals surface area contributed by atoms with Gasteiger partial charge < -0.3 is 9.30 Å². The predicted molar refractivity (Wildman–Crippen MR) is 143 cm³/mol. The molecule has 0 N–H and O–H groups in total. The molecule has 0 amide bonds. The van der Waals surface area contributed by atoms with E-state index in [2.05, 4.69) is 91.0 Å². The van der Waals surface area contributed by atoms with E-state index in [0.29, 0.717) is 6.04 Å². The summed E-state index contributed by atoms with van der Waals surface area (Å²) in [5, 5.41) is 0. The van der Waals surface area contributed by atoms with Gasteiger partial charge in [0.05, 0.1) is 25.0 Å². The number of unbranched alkanes of at least 4 members (excludes halogenated alkanes) is 3. The molecule has 4 nitrogen and oxygen atoms in total. The van der Waals surface area contributed by atoms with E-state index in [9.17, 15) is 0 Å². The first-order chi connectivity index (χ1) is 16.7. The number of ether oxygens (including phenoxy) is 1. The van der Waals surface area contributed by atoms with Gasteiger partial charge >= 0.3 is 0 Å². The highest BCUT2D eigenvalue weighted by molar-refractivity contribution is 5.56. The zero-order valence-electron chi connectivity index (χ0n) is 21.7. The van der Waals surface area contributed by atoms with Crippen molar-refractivity contribution in [2.75, 3.05) is 13.7 Å². The molecule has 34 heavy (non-hydrogen) atoms. The van der Waals surface area contributed by atoms with Gasteiger partial charge in [0.2, 0.25) is 0 Å². The first-order valence-corrected chi connectivity index (χ1v) is 13.2. The molecule has 0 bridgehead atoms. The van der Waals surface area contributed by atoms with Gasteiger partial charge in [-0.05, 0) is 43.5 Å². The van der Waals surface area contributed by atoms with Crippen LogP contribution in [-0.4, -0.2) is 28.1 Å². The van der Waals surface area contributed by atoms with Gasteiger partial charge in [-0.15, -0.1) is 0 Å². The minimum atomic E-state index is 0.357. The lowest BCUT2D eigenvalue weighted by Gasteiger charge is -2.33. The molecule has 3 aromatic rings. The van der Waals surface area contributed by atoms with E-state index < -0.39 is 0 Å². The Hall–Kier alpha value is -2.59. The third-order valence-corrected chi connectivity index (χ3v) is 6.61. The monoisotopic (exact) mass is 461 g/mol. The van der Waals surface area contributed by atoms with Crippen LogP contribution in [0.2, 0.25) is 0 Å². The van der Waals surface area contributed by atoms with Crippen molar-refractivity contribution < 1.29 is 4.74 Å². The van der Waals surface area contributed by atoms with E-state index in [1.165, 1.54) is 48.9 Å². The normalized spacial score (nSPS) is 12.3. The van der Waals surface area contributed by atoms with Gasteiger partial charge in [0.15, 0.2) is 0 Å². The molecule has 184 valence electrons. The Kier molecular flexibility index (Phi) is 10.7. The Morgan fingerprint density at radius 3 is 2.24 bits per heavy atom. The van der Waals surface area contributed by atoms with Crippen molar-refractivity contribution in [3.05, 3.63) is 72.1 Å². The van der Waals surface area contributed by atoms with E-state index in [1.807, 2.05) is 0 Å². The van der Waals surface area contributed by atoms with Crippen molar-refractivity contribution in [1.29, 1.82) is 0 Å². The molecule has 0 saturated carbocycles. The molecule has 0 fully saturated rings. The molecule has 0 aliphatic carbocycles. The minimum Gasteiger partial charge on any atom is -0.497 e. The summed E-state index contributed by atoms with van der Waals surface area (Å²) in [6, 6.07) is 19.6. The summed E-state index contributed by atoms with van der Waals surface area (Å²) in [4.78, 5) is 7.67. The molecule has 0 spiro atoms. The summed E-state index contributed by atoms with van der Waals surface area (Å²) in [6.07, 6.45) is 10.5. The molecule has 4 heteroatoms. The van der Waals surface area contributed by atoms with Crippen LogP contribution in [0.4, 0.5) is 0 Å². The van der Waals surface area contributed by atoms with E-state index in [1.54, 1.807) is 7.11 Å². The zero-order chi connectivity index (χ0) is 24.2. The molecule has 0 aliphatic heterocycles. The fourth-order valence-electron chi connectivity index (χ4n) is 4.61. The predicted octanol–water partition coefficient (Wildman–Crippen LogP) is 7.89. The average Bonchev–Trinajstić information content (AvgIpc) is 3.30. The third kappa shape index (κ3) is 6.96. The van der Waals surface area contributed by atoms with Gasteiger partial charge in [-0.3, -0.25) is 4.90 Å². The van der Waals surface area contributed by atoms with Crippen LogP contribution < -0.4 is 4.74 Å². The largest absolute Gasteiger partial charge is 0.497 e. The lowest BCUT2D eigenvalue weighted by Crippen LogP contribution is -2.31. The van der Waals surface area contributed by atoms with Crippen LogP contribution in [0, 0.1) is 0 Å². The molecular weight excluding hydrogens is 418 g/mol. The molecule has 3 rings (SSSR count). The zero-order valence-corrected chi connectivity index (χ0v) is 21.7. The Morgan fingerprint density at radius 2 is 1.59 bits per heavy atom. The van der Waals surface area contributed by atoms with Crippen LogP contribution in [0.5, 0.6) is 5.75 Å². The summed E-state index contributed by atoms with van der Waals surface area (Å²) < 4.78 is 7.89. The SMILES string of the molecule is CCCCC(c1cnc(-c2ccccc2)n1CCCC)N(CCCC)Cc1ccc(OC)cc1. The van der Waals surface area contributed by atoms with Crippen molar-refractivity contribution in [2.45, 2.75) is 84.8 Å². The molecule has 1 heterocycles. The molecular formula is C30H43N3O. The van der Waals surface area contributed by atoms with Crippen LogP contribution in [0.15, 0.2) is 60.8 Å². The maximum absolute atomic E-state index is 5.38. The summed E-state index contributed by atoms with van der Waals surface area (Å²) in [6.45, 7) is 9.90. The Balaban J connectivity index is 1.99. The summed E-state index contributed by atoms with van der Waals surface area (Å²) >= 11 is 0. The second kappa shape index (κ2) is 14.0. The standard InChI is InChI=1S/C30H43N3O/c1-5-8-16-28(32(21-9-6-2)24-25-17-19-27(34-4)20-18-25)29-23-31-30(33(29)22-10-7-3)26-14-12-11-13-15-26/h11-15,17-20,23,28H,5-10,16,21-22,24H2,1-4H3. The summed E-state index contributed by atoms with van der Waals surface area (Å²) in [5.41, 5.74) is 3.90. The molecule has 0 saturated heterocycles.